The molecule has 100 valence electrons. The lowest BCUT2D eigenvalue weighted by molar-refractivity contribution is 0.0945. The number of carbonyl (C=O) groups is 1. The number of hydrogen-bond acceptors (Lipinski definition) is 3. The van der Waals surface area contributed by atoms with Crippen LogP contribution >= 0.6 is 0 Å². The summed E-state index contributed by atoms with van der Waals surface area (Å²) in [6.07, 6.45) is 2.11. The summed E-state index contributed by atoms with van der Waals surface area (Å²) in [5, 5.41) is 14.7. The first-order chi connectivity index (χ1) is 8.71. The maximum atomic E-state index is 11.7. The zero-order valence-corrected chi connectivity index (χ0v) is 11.1. The molecule has 0 saturated heterocycles. The average Bonchev–Trinajstić information content (AvgIpc) is 2.42. The van der Waals surface area contributed by atoms with Crippen LogP contribution in [0.1, 0.15) is 37.0 Å². The maximum absolute atomic E-state index is 11.7. The van der Waals surface area contributed by atoms with E-state index in [0.29, 0.717) is 11.6 Å². The van der Waals surface area contributed by atoms with E-state index < -0.39 is 0 Å². The van der Waals surface area contributed by atoms with Gasteiger partial charge in [0, 0.05) is 23.8 Å². The number of aliphatic hydroxyl groups is 1. The monoisotopic (exact) mass is 250 g/mol. The van der Waals surface area contributed by atoms with E-state index in [4.69, 9.17) is 5.11 Å². The number of hydrogen-bond donors (Lipinski definition) is 3. The van der Waals surface area contributed by atoms with Gasteiger partial charge in [-0.2, -0.15) is 0 Å². The summed E-state index contributed by atoms with van der Waals surface area (Å²) in [6, 6.07) is 7.86. The summed E-state index contributed by atoms with van der Waals surface area (Å²) in [6.45, 7) is 4.51. The molecule has 0 unspecified atom stereocenters. The van der Waals surface area contributed by atoms with Crippen molar-refractivity contribution in [3.05, 3.63) is 29.8 Å². The van der Waals surface area contributed by atoms with Crippen LogP contribution in [0.25, 0.3) is 0 Å². The molecule has 4 heteroatoms. The van der Waals surface area contributed by atoms with Crippen molar-refractivity contribution in [3.8, 4) is 0 Å². The van der Waals surface area contributed by atoms with Gasteiger partial charge >= 0.3 is 0 Å². The summed E-state index contributed by atoms with van der Waals surface area (Å²) < 4.78 is 0. The highest BCUT2D eigenvalue weighted by Gasteiger charge is 2.07. The van der Waals surface area contributed by atoms with Gasteiger partial charge in [0.15, 0.2) is 0 Å². The van der Waals surface area contributed by atoms with Crippen molar-refractivity contribution in [2.75, 3.05) is 18.5 Å². The molecule has 0 bridgehead atoms. The number of aliphatic hydroxyl groups excluding tert-OH is 1. The molecule has 4 nitrogen and oxygen atoms in total. The van der Waals surface area contributed by atoms with Gasteiger partial charge in [-0.15, -0.1) is 0 Å². The molecule has 1 aromatic rings. The largest absolute Gasteiger partial charge is 0.395 e. The normalized spacial score (nSPS) is 10.4. The second-order valence-corrected chi connectivity index (χ2v) is 4.22. The number of amides is 1. The van der Waals surface area contributed by atoms with E-state index in [2.05, 4.69) is 24.5 Å². The molecule has 1 rings (SSSR count). The predicted octanol–water partition coefficient (Wildman–Crippen LogP) is 2.01. The average molecular weight is 250 g/mol. The fourth-order valence-corrected chi connectivity index (χ4v) is 1.75. The second-order valence-electron chi connectivity index (χ2n) is 4.22. The number of anilines is 1. The fraction of sp³-hybridized carbons (Fsp3) is 0.500. The molecule has 0 heterocycles. The molecule has 1 amide bonds. The van der Waals surface area contributed by atoms with Gasteiger partial charge in [-0.05, 0) is 31.0 Å². The lowest BCUT2D eigenvalue weighted by atomic mass is 10.1. The highest BCUT2D eigenvalue weighted by Crippen LogP contribution is 2.14. The van der Waals surface area contributed by atoms with Crippen molar-refractivity contribution in [1.82, 2.24) is 5.32 Å². The van der Waals surface area contributed by atoms with E-state index >= 15 is 0 Å². The Morgan fingerprint density at radius 1 is 1.33 bits per heavy atom. The van der Waals surface area contributed by atoms with E-state index in [-0.39, 0.29) is 19.1 Å². The Hall–Kier alpha value is -1.55. The van der Waals surface area contributed by atoms with E-state index in [1.807, 2.05) is 18.2 Å². The van der Waals surface area contributed by atoms with E-state index in [1.54, 1.807) is 6.07 Å². The fourth-order valence-electron chi connectivity index (χ4n) is 1.75. The van der Waals surface area contributed by atoms with Crippen LogP contribution in [0.5, 0.6) is 0 Å². The molecule has 1 aromatic carbocycles. The Labute approximate surface area is 108 Å². The third kappa shape index (κ3) is 4.37. The zero-order valence-electron chi connectivity index (χ0n) is 11.1. The lowest BCUT2D eigenvalue weighted by Gasteiger charge is -2.16. The third-order valence-electron chi connectivity index (χ3n) is 2.88. The first-order valence-electron chi connectivity index (χ1n) is 6.46. The van der Waals surface area contributed by atoms with E-state index in [1.165, 1.54) is 0 Å². The minimum absolute atomic E-state index is 0.0442. The summed E-state index contributed by atoms with van der Waals surface area (Å²) >= 11 is 0. The van der Waals surface area contributed by atoms with Crippen LogP contribution in [0.2, 0.25) is 0 Å². The van der Waals surface area contributed by atoms with Gasteiger partial charge in [-0.1, -0.05) is 19.9 Å². The Balaban J connectivity index is 2.69. The van der Waals surface area contributed by atoms with Gasteiger partial charge < -0.3 is 15.7 Å². The molecule has 0 fully saturated rings. The van der Waals surface area contributed by atoms with Gasteiger partial charge in [-0.3, -0.25) is 4.79 Å². The Morgan fingerprint density at radius 3 is 2.67 bits per heavy atom. The molecule has 0 radical (unpaired) electrons. The Bertz CT molecular complexity index is 376. The highest BCUT2D eigenvalue weighted by molar-refractivity contribution is 5.95. The molecule has 0 aliphatic heterocycles. The van der Waals surface area contributed by atoms with Crippen LogP contribution < -0.4 is 10.6 Å². The van der Waals surface area contributed by atoms with Gasteiger partial charge in [-0.25, -0.2) is 0 Å². The molecule has 3 N–H and O–H groups in total. The van der Waals surface area contributed by atoms with Crippen LogP contribution in [-0.4, -0.2) is 30.2 Å². The quantitative estimate of drug-likeness (QED) is 0.693. The van der Waals surface area contributed by atoms with Crippen LogP contribution in [0.3, 0.4) is 0 Å². The topological polar surface area (TPSA) is 61.4 Å². The maximum Gasteiger partial charge on any atom is 0.251 e. The SMILES string of the molecule is CCC(CC)Nc1cccc(C(=O)NCCO)c1. The Morgan fingerprint density at radius 2 is 2.06 bits per heavy atom. The van der Waals surface area contributed by atoms with Crippen LogP contribution in [0.4, 0.5) is 5.69 Å². The van der Waals surface area contributed by atoms with Crippen LogP contribution in [-0.2, 0) is 0 Å². The van der Waals surface area contributed by atoms with Crippen molar-refractivity contribution in [1.29, 1.82) is 0 Å². The van der Waals surface area contributed by atoms with Gasteiger partial charge in [0.05, 0.1) is 6.61 Å². The number of benzene rings is 1. The molecule has 0 saturated carbocycles. The number of rotatable bonds is 7. The van der Waals surface area contributed by atoms with Gasteiger partial charge in [0.25, 0.3) is 5.91 Å². The third-order valence-corrected chi connectivity index (χ3v) is 2.88. The Kier molecular flexibility index (Phi) is 6.22. The van der Waals surface area contributed by atoms with Crippen LogP contribution in [0.15, 0.2) is 24.3 Å². The molecule has 0 atom stereocenters. The van der Waals surface area contributed by atoms with Crippen LogP contribution in [0, 0.1) is 0 Å². The molecule has 0 aliphatic carbocycles. The summed E-state index contributed by atoms with van der Waals surface area (Å²) in [7, 11) is 0. The number of carbonyl (C=O) groups excluding carboxylic acids is 1. The minimum atomic E-state index is -0.155. The van der Waals surface area contributed by atoms with Crippen molar-refractivity contribution >= 4 is 11.6 Å². The second kappa shape index (κ2) is 7.71. The molecular formula is C14H22N2O2. The minimum Gasteiger partial charge on any atom is -0.395 e. The summed E-state index contributed by atoms with van der Waals surface area (Å²) in [5.41, 5.74) is 1.57. The molecular weight excluding hydrogens is 228 g/mol. The highest BCUT2D eigenvalue weighted by atomic mass is 16.3. The van der Waals surface area contributed by atoms with Crippen molar-refractivity contribution < 1.29 is 9.90 Å². The van der Waals surface area contributed by atoms with Crippen molar-refractivity contribution in [3.63, 3.8) is 0 Å². The van der Waals surface area contributed by atoms with Gasteiger partial charge in [0.2, 0.25) is 0 Å². The smallest absolute Gasteiger partial charge is 0.251 e. The summed E-state index contributed by atoms with van der Waals surface area (Å²) in [4.78, 5) is 11.7. The lowest BCUT2D eigenvalue weighted by Crippen LogP contribution is -2.26. The van der Waals surface area contributed by atoms with E-state index in [0.717, 1.165) is 18.5 Å². The van der Waals surface area contributed by atoms with Crippen molar-refractivity contribution in [2.45, 2.75) is 32.7 Å². The molecule has 0 aliphatic rings. The van der Waals surface area contributed by atoms with E-state index in [9.17, 15) is 4.79 Å². The predicted molar refractivity (Wildman–Crippen MR) is 73.9 cm³/mol. The van der Waals surface area contributed by atoms with Crippen molar-refractivity contribution in [2.24, 2.45) is 0 Å². The summed E-state index contributed by atoms with van der Waals surface area (Å²) in [5.74, 6) is -0.155. The first-order valence-corrected chi connectivity index (χ1v) is 6.46. The first kappa shape index (κ1) is 14.5. The molecule has 0 aromatic heterocycles. The standard InChI is InChI=1S/C14H22N2O2/c1-3-12(4-2)16-13-7-5-6-11(10-13)14(18)15-8-9-17/h5-7,10,12,16-17H,3-4,8-9H2,1-2H3,(H,15,18). The zero-order chi connectivity index (χ0) is 13.4. The molecule has 18 heavy (non-hydrogen) atoms. The molecule has 0 spiro atoms. The number of nitrogens with one attached hydrogen (secondary N) is 2. The van der Waals surface area contributed by atoms with Gasteiger partial charge in [0.1, 0.15) is 0 Å².